The van der Waals surface area contributed by atoms with Gasteiger partial charge in [0.1, 0.15) is 5.69 Å². The van der Waals surface area contributed by atoms with Crippen molar-refractivity contribution in [3.8, 4) is 23.1 Å². The Bertz CT molecular complexity index is 1260. The molecule has 1 atom stereocenters. The van der Waals surface area contributed by atoms with Crippen LogP contribution in [-0.4, -0.2) is 33.9 Å². The van der Waals surface area contributed by atoms with E-state index >= 15 is 0 Å². The van der Waals surface area contributed by atoms with Crippen LogP contribution in [0.5, 0.6) is 0 Å². The number of aromatic nitrogens is 3. The van der Waals surface area contributed by atoms with E-state index in [0.717, 1.165) is 37.7 Å². The summed E-state index contributed by atoms with van der Waals surface area (Å²) >= 11 is 6.11. The van der Waals surface area contributed by atoms with E-state index in [4.69, 9.17) is 31.2 Å². The SMILES string of the molecule is CCOC(=O)c1cc(-c2ccc(Cl)cc2)nc2c1c(C#CC1CCCCC1)nn2C1CCCCO1. The highest BCUT2D eigenvalue weighted by Gasteiger charge is 2.27. The Morgan fingerprint density at radius 1 is 1.14 bits per heavy atom. The molecule has 1 aliphatic heterocycles. The summed E-state index contributed by atoms with van der Waals surface area (Å²) in [6.07, 6.45) is 8.61. The third-order valence-corrected chi connectivity index (χ3v) is 6.98. The molecule has 0 amide bonds. The summed E-state index contributed by atoms with van der Waals surface area (Å²) in [7, 11) is 0. The van der Waals surface area contributed by atoms with Crippen LogP contribution in [0.3, 0.4) is 0 Å². The average Bonchev–Trinajstić information content (AvgIpc) is 3.27. The molecule has 3 aromatic rings. The molecule has 3 heterocycles. The summed E-state index contributed by atoms with van der Waals surface area (Å²) in [5.41, 5.74) is 3.10. The van der Waals surface area contributed by atoms with Gasteiger partial charge in [-0.15, -0.1) is 0 Å². The van der Waals surface area contributed by atoms with Crippen molar-refractivity contribution in [2.24, 2.45) is 5.92 Å². The Labute approximate surface area is 211 Å². The molecular formula is C28H30ClN3O3. The van der Waals surface area contributed by atoms with Gasteiger partial charge in [0.2, 0.25) is 0 Å². The number of pyridine rings is 1. The Morgan fingerprint density at radius 2 is 1.91 bits per heavy atom. The van der Waals surface area contributed by atoms with Crippen LogP contribution in [0.1, 0.15) is 80.6 Å². The molecule has 5 rings (SSSR count). The second kappa shape index (κ2) is 10.8. The molecule has 1 aliphatic carbocycles. The molecule has 2 fully saturated rings. The zero-order chi connectivity index (χ0) is 24.2. The van der Waals surface area contributed by atoms with Crippen molar-refractivity contribution >= 4 is 28.6 Å². The Balaban J connectivity index is 1.70. The molecule has 7 heteroatoms. The molecule has 0 spiro atoms. The number of nitrogens with zero attached hydrogens (tertiary/aromatic N) is 3. The first-order valence-electron chi connectivity index (χ1n) is 12.6. The maximum Gasteiger partial charge on any atom is 0.339 e. The topological polar surface area (TPSA) is 66.2 Å². The van der Waals surface area contributed by atoms with Gasteiger partial charge in [-0.3, -0.25) is 0 Å². The first kappa shape index (κ1) is 23.8. The summed E-state index contributed by atoms with van der Waals surface area (Å²) in [4.78, 5) is 18.1. The molecule has 2 aliphatic rings. The maximum absolute atomic E-state index is 13.2. The monoisotopic (exact) mass is 491 g/mol. The minimum Gasteiger partial charge on any atom is -0.462 e. The summed E-state index contributed by atoms with van der Waals surface area (Å²) in [5, 5.41) is 6.15. The maximum atomic E-state index is 13.2. The van der Waals surface area contributed by atoms with Gasteiger partial charge in [0.05, 0.1) is 23.3 Å². The van der Waals surface area contributed by atoms with Gasteiger partial charge in [0.25, 0.3) is 0 Å². The Hall–Kier alpha value is -2.88. The van der Waals surface area contributed by atoms with E-state index in [9.17, 15) is 4.79 Å². The second-order valence-electron chi connectivity index (χ2n) is 9.20. The van der Waals surface area contributed by atoms with Crippen LogP contribution < -0.4 is 0 Å². The van der Waals surface area contributed by atoms with E-state index in [2.05, 4.69) is 11.8 Å². The van der Waals surface area contributed by atoms with Crippen molar-refractivity contribution < 1.29 is 14.3 Å². The van der Waals surface area contributed by atoms with Crippen LogP contribution in [0.25, 0.3) is 22.3 Å². The van der Waals surface area contributed by atoms with E-state index in [0.29, 0.717) is 45.5 Å². The number of halogens is 1. The number of carbonyl (C=O) groups excluding carboxylic acids is 1. The number of esters is 1. The zero-order valence-corrected chi connectivity index (χ0v) is 20.8. The Morgan fingerprint density at radius 3 is 2.63 bits per heavy atom. The largest absolute Gasteiger partial charge is 0.462 e. The molecule has 6 nitrogen and oxygen atoms in total. The lowest BCUT2D eigenvalue weighted by Gasteiger charge is -2.23. The highest BCUT2D eigenvalue weighted by atomic mass is 35.5. The first-order chi connectivity index (χ1) is 17.1. The third-order valence-electron chi connectivity index (χ3n) is 6.73. The molecular weight excluding hydrogens is 462 g/mol. The number of carbonyl (C=O) groups is 1. The lowest BCUT2D eigenvalue weighted by atomic mass is 9.90. The van der Waals surface area contributed by atoms with Crippen molar-refractivity contribution in [3.63, 3.8) is 0 Å². The van der Waals surface area contributed by atoms with Gasteiger partial charge in [0, 0.05) is 23.1 Å². The summed E-state index contributed by atoms with van der Waals surface area (Å²) in [6, 6.07) is 9.20. The van der Waals surface area contributed by atoms with Crippen molar-refractivity contribution in [1.29, 1.82) is 0 Å². The van der Waals surface area contributed by atoms with Gasteiger partial charge < -0.3 is 9.47 Å². The van der Waals surface area contributed by atoms with Gasteiger partial charge in [-0.1, -0.05) is 48.9 Å². The van der Waals surface area contributed by atoms with Gasteiger partial charge in [0.15, 0.2) is 11.9 Å². The van der Waals surface area contributed by atoms with Crippen molar-refractivity contribution in [1.82, 2.24) is 14.8 Å². The molecule has 0 radical (unpaired) electrons. The molecule has 35 heavy (non-hydrogen) atoms. The minimum atomic E-state index is -0.403. The first-order valence-corrected chi connectivity index (χ1v) is 13.0. The standard InChI is InChI=1S/C28H30ClN3O3/c1-2-34-28(33)22-18-24(20-12-14-21(29)15-13-20)30-27-26(22)23(16-11-19-8-4-3-5-9-19)31-32(27)25-10-6-7-17-35-25/h12-15,18-19,25H,2-10,17H2,1H3. The van der Waals surface area contributed by atoms with E-state index in [-0.39, 0.29) is 12.8 Å². The molecule has 2 aromatic heterocycles. The number of fused-ring (bicyclic) bond motifs is 1. The van der Waals surface area contributed by atoms with Crippen LogP contribution >= 0.6 is 11.6 Å². The number of rotatable bonds is 4. The third kappa shape index (κ3) is 5.22. The van der Waals surface area contributed by atoms with Crippen LogP contribution in [0.4, 0.5) is 0 Å². The summed E-state index contributed by atoms with van der Waals surface area (Å²) in [5.74, 6) is 6.71. The summed E-state index contributed by atoms with van der Waals surface area (Å²) < 4.78 is 13.3. The molecule has 1 saturated carbocycles. The molecule has 182 valence electrons. The van der Waals surface area contributed by atoms with Crippen molar-refractivity contribution in [2.75, 3.05) is 13.2 Å². The van der Waals surface area contributed by atoms with E-state index in [1.165, 1.54) is 19.3 Å². The normalized spacial score (nSPS) is 18.7. The number of hydrogen-bond acceptors (Lipinski definition) is 5. The molecule has 0 bridgehead atoms. The average molecular weight is 492 g/mol. The number of benzene rings is 1. The van der Waals surface area contributed by atoms with E-state index < -0.39 is 5.97 Å². The van der Waals surface area contributed by atoms with Crippen LogP contribution in [0.15, 0.2) is 30.3 Å². The van der Waals surface area contributed by atoms with Crippen molar-refractivity contribution in [3.05, 3.63) is 46.6 Å². The predicted octanol–water partition coefficient (Wildman–Crippen LogP) is 6.56. The molecule has 1 aromatic carbocycles. The predicted molar refractivity (Wildman–Crippen MR) is 136 cm³/mol. The summed E-state index contributed by atoms with van der Waals surface area (Å²) in [6.45, 7) is 2.76. The van der Waals surface area contributed by atoms with Crippen LogP contribution in [0.2, 0.25) is 5.02 Å². The number of ether oxygens (including phenoxy) is 2. The van der Waals surface area contributed by atoms with Gasteiger partial charge in [-0.2, -0.15) is 5.10 Å². The highest BCUT2D eigenvalue weighted by Crippen LogP contribution is 2.33. The fourth-order valence-corrected chi connectivity index (χ4v) is 5.02. The lowest BCUT2D eigenvalue weighted by molar-refractivity contribution is -0.0370. The van der Waals surface area contributed by atoms with Gasteiger partial charge >= 0.3 is 5.97 Å². The zero-order valence-electron chi connectivity index (χ0n) is 20.1. The fraction of sp³-hybridized carbons (Fsp3) is 0.464. The fourth-order valence-electron chi connectivity index (χ4n) is 4.90. The molecule has 0 N–H and O–H groups in total. The highest BCUT2D eigenvalue weighted by molar-refractivity contribution is 6.30. The van der Waals surface area contributed by atoms with Crippen LogP contribution in [-0.2, 0) is 9.47 Å². The van der Waals surface area contributed by atoms with Gasteiger partial charge in [-0.25, -0.2) is 14.5 Å². The van der Waals surface area contributed by atoms with Crippen molar-refractivity contribution in [2.45, 2.75) is 64.5 Å². The van der Waals surface area contributed by atoms with E-state index in [1.807, 2.05) is 28.9 Å². The molecule has 1 saturated heterocycles. The Kier molecular flexibility index (Phi) is 7.36. The van der Waals surface area contributed by atoms with E-state index in [1.54, 1.807) is 13.0 Å². The quantitative estimate of drug-likeness (QED) is 0.305. The molecule has 1 unspecified atom stereocenters. The smallest absolute Gasteiger partial charge is 0.339 e. The second-order valence-corrected chi connectivity index (χ2v) is 9.64. The van der Waals surface area contributed by atoms with Gasteiger partial charge in [-0.05, 0) is 63.1 Å². The minimum absolute atomic E-state index is 0.237. The van der Waals surface area contributed by atoms with Crippen LogP contribution in [0, 0.1) is 17.8 Å². The number of hydrogen-bond donors (Lipinski definition) is 0. The lowest BCUT2D eigenvalue weighted by Crippen LogP contribution is -2.19.